The van der Waals surface area contributed by atoms with Gasteiger partial charge in [-0.2, -0.15) is 4.98 Å². The minimum Gasteiger partial charge on any atom is -0.360 e. The van der Waals surface area contributed by atoms with E-state index in [1.165, 1.54) is 6.20 Å². The molecule has 0 aliphatic rings. The average Bonchev–Trinajstić information content (AvgIpc) is 2.47. The molecule has 2 rings (SSSR count). The maximum atomic E-state index is 13.6. The number of hydrogen-bond acceptors (Lipinski definition) is 5. The van der Waals surface area contributed by atoms with E-state index >= 15 is 0 Å². The summed E-state index contributed by atoms with van der Waals surface area (Å²) in [5.41, 5.74) is 1.10. The topological polar surface area (TPSA) is 53.9 Å². The zero-order valence-corrected chi connectivity index (χ0v) is 11.8. The highest BCUT2D eigenvalue weighted by Gasteiger charge is 2.13. The van der Waals surface area contributed by atoms with Crippen molar-refractivity contribution >= 4 is 11.8 Å². The van der Waals surface area contributed by atoms with Gasteiger partial charge in [-0.25, -0.2) is 9.37 Å². The van der Waals surface area contributed by atoms with Gasteiger partial charge in [0.15, 0.2) is 11.6 Å². The first-order chi connectivity index (χ1) is 9.61. The van der Waals surface area contributed by atoms with E-state index in [0.29, 0.717) is 5.95 Å². The molecular weight excluding hydrogens is 257 g/mol. The van der Waals surface area contributed by atoms with E-state index in [1.54, 1.807) is 31.4 Å². The van der Waals surface area contributed by atoms with Crippen LogP contribution < -0.4 is 10.2 Å². The summed E-state index contributed by atoms with van der Waals surface area (Å²) in [5, 5.41) is 3.22. The van der Waals surface area contributed by atoms with E-state index < -0.39 is 5.82 Å². The summed E-state index contributed by atoms with van der Waals surface area (Å²) in [6, 6.07) is 3.95. The molecule has 2 aromatic rings. The van der Waals surface area contributed by atoms with Gasteiger partial charge in [0.05, 0.1) is 12.2 Å². The molecular formula is C14H18FN5. The van der Waals surface area contributed by atoms with Crippen molar-refractivity contribution in [2.24, 2.45) is 0 Å². The van der Waals surface area contributed by atoms with Crippen molar-refractivity contribution < 1.29 is 4.39 Å². The quantitative estimate of drug-likeness (QED) is 0.909. The number of anilines is 2. The van der Waals surface area contributed by atoms with Crippen molar-refractivity contribution in [3.05, 3.63) is 42.1 Å². The van der Waals surface area contributed by atoms with Crippen molar-refractivity contribution in [3.8, 4) is 0 Å². The summed E-state index contributed by atoms with van der Waals surface area (Å²) in [4.78, 5) is 13.8. The van der Waals surface area contributed by atoms with Crippen molar-refractivity contribution in [1.29, 1.82) is 0 Å². The number of nitrogens with one attached hydrogen (secondary N) is 1. The van der Waals surface area contributed by atoms with Crippen molar-refractivity contribution in [2.45, 2.75) is 19.4 Å². The van der Waals surface area contributed by atoms with Crippen LogP contribution >= 0.6 is 0 Å². The SMILES string of the molecule is CCC(Nc1ncc(F)c(N(C)C)n1)c1ccncc1. The Morgan fingerprint density at radius 3 is 2.60 bits per heavy atom. The molecule has 20 heavy (non-hydrogen) atoms. The maximum absolute atomic E-state index is 13.6. The lowest BCUT2D eigenvalue weighted by Gasteiger charge is -2.19. The second-order valence-electron chi connectivity index (χ2n) is 4.65. The largest absolute Gasteiger partial charge is 0.360 e. The van der Waals surface area contributed by atoms with Crippen molar-refractivity contribution in [1.82, 2.24) is 15.0 Å². The molecule has 0 bridgehead atoms. The molecule has 0 aliphatic carbocycles. The fourth-order valence-electron chi connectivity index (χ4n) is 1.91. The van der Waals surface area contributed by atoms with E-state index in [-0.39, 0.29) is 11.9 Å². The van der Waals surface area contributed by atoms with Crippen LogP contribution in [-0.4, -0.2) is 29.0 Å². The summed E-state index contributed by atoms with van der Waals surface area (Å²) in [6.07, 6.45) is 5.54. The number of hydrogen-bond donors (Lipinski definition) is 1. The molecule has 0 aromatic carbocycles. The Kier molecular flexibility index (Phi) is 4.45. The summed E-state index contributed by atoms with van der Waals surface area (Å²) in [7, 11) is 3.49. The molecule has 2 heterocycles. The van der Waals surface area contributed by atoms with E-state index in [2.05, 4.69) is 27.2 Å². The van der Waals surface area contributed by atoms with Crippen LogP contribution in [0.4, 0.5) is 16.2 Å². The van der Waals surface area contributed by atoms with Crippen LogP contribution in [0.25, 0.3) is 0 Å². The van der Waals surface area contributed by atoms with Gasteiger partial charge in [0, 0.05) is 26.5 Å². The number of halogens is 1. The monoisotopic (exact) mass is 275 g/mol. The average molecular weight is 275 g/mol. The normalized spacial score (nSPS) is 12.0. The molecule has 0 fully saturated rings. The first-order valence-corrected chi connectivity index (χ1v) is 6.48. The zero-order chi connectivity index (χ0) is 14.5. The summed E-state index contributed by atoms with van der Waals surface area (Å²) in [5.74, 6) is 0.253. The van der Waals surface area contributed by atoms with Crippen LogP contribution in [0.3, 0.4) is 0 Å². The van der Waals surface area contributed by atoms with Crippen molar-refractivity contribution in [3.63, 3.8) is 0 Å². The lowest BCUT2D eigenvalue weighted by molar-refractivity contribution is 0.611. The minimum atomic E-state index is -0.433. The molecule has 0 saturated heterocycles. The van der Waals surface area contributed by atoms with Gasteiger partial charge >= 0.3 is 0 Å². The first-order valence-electron chi connectivity index (χ1n) is 6.48. The molecule has 1 unspecified atom stereocenters. The third kappa shape index (κ3) is 3.20. The van der Waals surface area contributed by atoms with Crippen LogP contribution in [0.2, 0.25) is 0 Å². The minimum absolute atomic E-state index is 0.0680. The Labute approximate surface area is 117 Å². The van der Waals surface area contributed by atoms with E-state index in [1.807, 2.05) is 12.1 Å². The van der Waals surface area contributed by atoms with Gasteiger partial charge in [-0.05, 0) is 24.1 Å². The van der Waals surface area contributed by atoms with Gasteiger partial charge in [-0.3, -0.25) is 4.98 Å². The summed E-state index contributed by atoms with van der Waals surface area (Å²) < 4.78 is 13.6. The molecule has 0 spiro atoms. The lowest BCUT2D eigenvalue weighted by Crippen LogP contribution is -2.17. The Hall–Kier alpha value is -2.24. The Morgan fingerprint density at radius 1 is 1.30 bits per heavy atom. The molecule has 1 atom stereocenters. The van der Waals surface area contributed by atoms with E-state index in [9.17, 15) is 4.39 Å². The second kappa shape index (κ2) is 6.27. The summed E-state index contributed by atoms with van der Waals surface area (Å²) >= 11 is 0. The molecule has 1 N–H and O–H groups in total. The fourth-order valence-corrected chi connectivity index (χ4v) is 1.91. The number of nitrogens with zero attached hydrogens (tertiary/aromatic N) is 4. The molecule has 0 radical (unpaired) electrons. The highest BCUT2D eigenvalue weighted by Crippen LogP contribution is 2.21. The molecule has 5 nitrogen and oxygen atoms in total. The smallest absolute Gasteiger partial charge is 0.225 e. The first kappa shape index (κ1) is 14.2. The van der Waals surface area contributed by atoms with Crippen LogP contribution in [0, 0.1) is 5.82 Å². The second-order valence-corrected chi connectivity index (χ2v) is 4.65. The van der Waals surface area contributed by atoms with Crippen LogP contribution in [0.15, 0.2) is 30.7 Å². The fraction of sp³-hybridized carbons (Fsp3) is 0.357. The molecule has 6 heteroatoms. The van der Waals surface area contributed by atoms with Gasteiger partial charge in [0.1, 0.15) is 0 Å². The third-order valence-electron chi connectivity index (χ3n) is 2.97. The molecule has 2 aromatic heterocycles. The molecule has 0 aliphatic heterocycles. The van der Waals surface area contributed by atoms with Gasteiger partial charge in [0.25, 0.3) is 0 Å². The van der Waals surface area contributed by atoms with Gasteiger partial charge in [-0.1, -0.05) is 6.92 Å². The third-order valence-corrected chi connectivity index (χ3v) is 2.97. The molecule has 106 valence electrons. The molecule has 0 saturated carbocycles. The van der Waals surface area contributed by atoms with Gasteiger partial charge in [0.2, 0.25) is 5.95 Å². The Balaban J connectivity index is 2.22. The predicted octanol–water partition coefficient (Wildman–Crippen LogP) is 2.64. The lowest BCUT2D eigenvalue weighted by atomic mass is 10.1. The zero-order valence-electron chi connectivity index (χ0n) is 11.8. The number of aromatic nitrogens is 3. The highest BCUT2D eigenvalue weighted by atomic mass is 19.1. The van der Waals surface area contributed by atoms with Crippen molar-refractivity contribution in [2.75, 3.05) is 24.3 Å². The number of pyridine rings is 1. The molecule has 0 amide bonds. The van der Waals surface area contributed by atoms with E-state index in [4.69, 9.17) is 0 Å². The van der Waals surface area contributed by atoms with Crippen LogP contribution in [0.1, 0.15) is 24.9 Å². The standard InChI is InChI=1S/C14H18FN5/c1-4-12(10-5-7-16-8-6-10)18-14-17-9-11(15)13(19-14)20(2)3/h5-9,12H,4H2,1-3H3,(H,17,18,19). The number of rotatable bonds is 5. The van der Waals surface area contributed by atoms with Gasteiger partial charge < -0.3 is 10.2 Å². The Bertz CT molecular complexity index is 559. The predicted molar refractivity (Wildman–Crippen MR) is 77.2 cm³/mol. The van der Waals surface area contributed by atoms with Crippen LogP contribution in [0.5, 0.6) is 0 Å². The highest BCUT2D eigenvalue weighted by molar-refractivity contribution is 5.43. The Morgan fingerprint density at radius 2 is 2.00 bits per heavy atom. The maximum Gasteiger partial charge on any atom is 0.225 e. The summed E-state index contributed by atoms with van der Waals surface area (Å²) in [6.45, 7) is 2.06. The van der Waals surface area contributed by atoms with Crippen LogP contribution in [-0.2, 0) is 0 Å². The van der Waals surface area contributed by atoms with Gasteiger partial charge in [-0.15, -0.1) is 0 Å². The van der Waals surface area contributed by atoms with E-state index in [0.717, 1.165) is 12.0 Å².